The molecule has 0 spiro atoms. The molecule has 8 nitrogen and oxygen atoms in total. The third kappa shape index (κ3) is 6.03. The number of carbonyl (C=O) groups is 2. The molecule has 0 saturated carbocycles. The van der Waals surface area contributed by atoms with Crippen molar-refractivity contribution in [2.45, 2.75) is 40.5 Å². The molecule has 2 aromatic heterocycles. The number of fused-ring (bicyclic) bond motifs is 2. The van der Waals surface area contributed by atoms with Crippen molar-refractivity contribution in [1.82, 2.24) is 9.97 Å². The number of nitrogens with one attached hydrogen (secondary N) is 2. The van der Waals surface area contributed by atoms with Crippen LogP contribution in [-0.4, -0.2) is 21.8 Å². The van der Waals surface area contributed by atoms with Crippen molar-refractivity contribution in [1.29, 1.82) is 0 Å². The van der Waals surface area contributed by atoms with Crippen molar-refractivity contribution in [2.75, 3.05) is 22.1 Å². The van der Waals surface area contributed by atoms with E-state index >= 15 is 0 Å². The Morgan fingerprint density at radius 3 is 1.57 bits per heavy atom. The summed E-state index contributed by atoms with van der Waals surface area (Å²) >= 11 is 0. The number of rotatable bonds is 6. The SMILES string of the molecule is CCCC(C)(C(=O)Nc1ccc2nc(C)cc(N)c2c1)C(=O)Nc1ccc2nc(C)cc(N)c2c1.Cl.Cl. The zero-order chi connectivity index (χ0) is 25.3. The third-order valence-corrected chi connectivity index (χ3v) is 6.21. The van der Waals surface area contributed by atoms with Crippen LogP contribution in [0.4, 0.5) is 22.7 Å². The number of nitrogens with zero attached hydrogens (tertiary/aromatic N) is 2. The van der Waals surface area contributed by atoms with E-state index in [4.69, 9.17) is 11.5 Å². The highest BCUT2D eigenvalue weighted by molar-refractivity contribution is 6.15. The van der Waals surface area contributed by atoms with Crippen LogP contribution in [0.5, 0.6) is 0 Å². The first kappa shape index (κ1) is 29.6. The third-order valence-electron chi connectivity index (χ3n) is 6.21. The molecule has 0 aliphatic carbocycles. The van der Waals surface area contributed by atoms with Gasteiger partial charge in [-0.3, -0.25) is 19.6 Å². The summed E-state index contributed by atoms with van der Waals surface area (Å²) in [7, 11) is 0. The van der Waals surface area contributed by atoms with Crippen LogP contribution in [0.25, 0.3) is 21.8 Å². The summed E-state index contributed by atoms with van der Waals surface area (Å²) in [4.78, 5) is 35.7. The topological polar surface area (TPSA) is 136 Å². The van der Waals surface area contributed by atoms with E-state index in [1.165, 1.54) is 0 Å². The van der Waals surface area contributed by atoms with E-state index in [1.807, 2.05) is 20.8 Å². The van der Waals surface area contributed by atoms with Crippen LogP contribution < -0.4 is 22.1 Å². The molecule has 0 atom stereocenters. The van der Waals surface area contributed by atoms with Gasteiger partial charge in [-0.25, -0.2) is 0 Å². The van der Waals surface area contributed by atoms with Crippen LogP contribution >= 0.6 is 24.8 Å². The van der Waals surface area contributed by atoms with Crippen molar-refractivity contribution < 1.29 is 9.59 Å². The van der Waals surface area contributed by atoms with E-state index in [9.17, 15) is 9.59 Å². The fourth-order valence-corrected chi connectivity index (χ4v) is 4.30. The lowest BCUT2D eigenvalue weighted by Gasteiger charge is -2.27. The maximum absolute atomic E-state index is 13.4. The number of amides is 2. The quantitative estimate of drug-likeness (QED) is 0.227. The maximum atomic E-state index is 13.4. The zero-order valence-electron chi connectivity index (χ0n) is 21.2. The Morgan fingerprint density at radius 2 is 1.19 bits per heavy atom. The summed E-state index contributed by atoms with van der Waals surface area (Å²) in [5, 5.41) is 7.29. The number of carbonyl (C=O) groups excluding carboxylic acids is 2. The van der Waals surface area contributed by atoms with Crippen LogP contribution in [0.1, 0.15) is 38.1 Å². The Hall–Kier alpha value is -3.62. The van der Waals surface area contributed by atoms with Gasteiger partial charge in [0.1, 0.15) is 5.41 Å². The number of aryl methyl sites for hydroxylation is 2. The second-order valence-electron chi connectivity index (χ2n) is 9.16. The summed E-state index contributed by atoms with van der Waals surface area (Å²) in [6.07, 6.45) is 1.02. The van der Waals surface area contributed by atoms with Crippen molar-refractivity contribution >= 4 is 81.2 Å². The average Bonchev–Trinajstić information content (AvgIpc) is 2.79. The number of hydrogen-bond donors (Lipinski definition) is 4. The summed E-state index contributed by atoms with van der Waals surface area (Å²) in [5.41, 5.74) is 16.4. The monoisotopic (exact) mass is 542 g/mol. The lowest BCUT2D eigenvalue weighted by Crippen LogP contribution is -2.44. The summed E-state index contributed by atoms with van der Waals surface area (Å²) < 4.78 is 0. The molecule has 0 aliphatic rings. The molecule has 2 amide bonds. The summed E-state index contributed by atoms with van der Waals surface area (Å²) in [5.74, 6) is -0.792. The fraction of sp³-hybridized carbons (Fsp3) is 0.259. The van der Waals surface area contributed by atoms with Gasteiger partial charge in [0.25, 0.3) is 0 Å². The highest BCUT2D eigenvalue weighted by atomic mass is 35.5. The second kappa shape index (κ2) is 11.6. The van der Waals surface area contributed by atoms with Crippen molar-refractivity contribution in [3.63, 3.8) is 0 Å². The number of halogens is 2. The minimum atomic E-state index is -1.30. The molecule has 0 unspecified atom stereocenters. The number of anilines is 4. The average molecular weight is 543 g/mol. The van der Waals surface area contributed by atoms with Crippen LogP contribution in [0, 0.1) is 19.3 Å². The lowest BCUT2D eigenvalue weighted by molar-refractivity contribution is -0.136. The highest BCUT2D eigenvalue weighted by Gasteiger charge is 2.40. The number of pyridine rings is 2. The number of nitrogens with two attached hydrogens (primary N) is 2. The normalized spacial score (nSPS) is 10.9. The van der Waals surface area contributed by atoms with Gasteiger partial charge in [0, 0.05) is 44.9 Å². The standard InChI is InChI=1S/C27H30N6O2.2ClH/c1-5-10-27(4,25(34)32-17-6-8-23-19(13-17)21(28)11-15(2)30-23)26(35)33-18-7-9-24-20(14-18)22(29)12-16(3)31-24;;/h6-9,11-14H,5,10H2,1-4H3,(H2,28,30)(H2,29,31)(H,32,34)(H,33,35);2*1H. The molecule has 0 fully saturated rings. The number of benzene rings is 2. The molecule has 0 radical (unpaired) electrons. The van der Waals surface area contributed by atoms with Crippen LogP contribution in [-0.2, 0) is 9.59 Å². The van der Waals surface area contributed by atoms with Crippen LogP contribution in [0.2, 0.25) is 0 Å². The highest BCUT2D eigenvalue weighted by Crippen LogP contribution is 2.31. The van der Waals surface area contributed by atoms with E-state index in [1.54, 1.807) is 55.5 Å². The molecule has 37 heavy (non-hydrogen) atoms. The molecule has 2 aromatic carbocycles. The molecule has 196 valence electrons. The first-order chi connectivity index (χ1) is 16.6. The van der Waals surface area contributed by atoms with Gasteiger partial charge >= 0.3 is 0 Å². The van der Waals surface area contributed by atoms with Gasteiger partial charge in [0.15, 0.2) is 0 Å². The predicted molar refractivity (Wildman–Crippen MR) is 157 cm³/mol. The van der Waals surface area contributed by atoms with Gasteiger partial charge in [-0.15, -0.1) is 24.8 Å². The van der Waals surface area contributed by atoms with Crippen LogP contribution in [0.15, 0.2) is 48.5 Å². The molecule has 0 aliphatic heterocycles. The van der Waals surface area contributed by atoms with Gasteiger partial charge in [0.2, 0.25) is 11.8 Å². The zero-order valence-corrected chi connectivity index (χ0v) is 22.8. The Balaban J connectivity index is 0.00000241. The molecule has 6 N–H and O–H groups in total. The predicted octanol–water partition coefficient (Wildman–Crippen LogP) is 5.79. The first-order valence-electron chi connectivity index (χ1n) is 11.6. The van der Waals surface area contributed by atoms with E-state index in [-0.39, 0.29) is 24.8 Å². The molecule has 4 rings (SSSR count). The van der Waals surface area contributed by atoms with Gasteiger partial charge < -0.3 is 22.1 Å². The molecule has 0 bridgehead atoms. The van der Waals surface area contributed by atoms with Gasteiger partial charge in [-0.2, -0.15) is 0 Å². The molecular formula is C27H32Cl2N6O2. The van der Waals surface area contributed by atoms with Crippen molar-refractivity contribution in [2.24, 2.45) is 5.41 Å². The number of hydrogen-bond acceptors (Lipinski definition) is 6. The van der Waals surface area contributed by atoms with Crippen LogP contribution in [0.3, 0.4) is 0 Å². The van der Waals surface area contributed by atoms with Gasteiger partial charge in [-0.05, 0) is 75.7 Å². The Kier molecular flexibility index (Phi) is 9.30. The minimum Gasteiger partial charge on any atom is -0.398 e. The van der Waals surface area contributed by atoms with Crippen molar-refractivity contribution in [3.8, 4) is 0 Å². The Bertz CT molecular complexity index is 1370. The minimum absolute atomic E-state index is 0. The molecule has 0 saturated heterocycles. The van der Waals surface area contributed by atoms with Gasteiger partial charge in [-0.1, -0.05) is 13.3 Å². The Labute approximate surface area is 228 Å². The number of aromatic nitrogens is 2. The fourth-order valence-electron chi connectivity index (χ4n) is 4.30. The summed E-state index contributed by atoms with van der Waals surface area (Å²) in [6, 6.07) is 14.3. The van der Waals surface area contributed by atoms with E-state index in [2.05, 4.69) is 20.6 Å². The van der Waals surface area contributed by atoms with Crippen molar-refractivity contribution in [3.05, 3.63) is 59.9 Å². The van der Waals surface area contributed by atoms with E-state index in [0.29, 0.717) is 35.6 Å². The lowest BCUT2D eigenvalue weighted by atomic mass is 9.83. The smallest absolute Gasteiger partial charge is 0.239 e. The Morgan fingerprint density at radius 1 is 0.784 bits per heavy atom. The molecular weight excluding hydrogens is 511 g/mol. The molecule has 2 heterocycles. The van der Waals surface area contributed by atoms with E-state index < -0.39 is 17.2 Å². The maximum Gasteiger partial charge on any atom is 0.239 e. The van der Waals surface area contributed by atoms with Gasteiger partial charge in [0.05, 0.1) is 11.0 Å². The summed E-state index contributed by atoms with van der Waals surface area (Å²) in [6.45, 7) is 7.35. The largest absolute Gasteiger partial charge is 0.398 e. The second-order valence-corrected chi connectivity index (χ2v) is 9.16. The van der Waals surface area contributed by atoms with E-state index in [0.717, 1.165) is 33.2 Å². The first-order valence-corrected chi connectivity index (χ1v) is 11.6. The molecule has 10 heteroatoms. The molecule has 4 aromatic rings. The number of nitrogen functional groups attached to an aromatic ring is 2.